The van der Waals surface area contributed by atoms with Gasteiger partial charge in [0.2, 0.25) is 0 Å². The van der Waals surface area contributed by atoms with E-state index in [1.54, 1.807) is 0 Å². The number of rotatable bonds is 11. The smallest absolute Gasteiger partial charge is 0.0541 e. The molecule has 0 radical (unpaired) electrons. The fourth-order valence-electron chi connectivity index (χ4n) is 9.34. The van der Waals surface area contributed by atoms with E-state index in [1.807, 2.05) is 0 Å². The van der Waals surface area contributed by atoms with Gasteiger partial charge in [-0.05, 0) is 176 Å². The van der Waals surface area contributed by atoms with Gasteiger partial charge >= 0.3 is 0 Å². The summed E-state index contributed by atoms with van der Waals surface area (Å²) in [5, 5.41) is 2.45. The van der Waals surface area contributed by atoms with E-state index in [0.29, 0.717) is 0 Å². The quantitative estimate of drug-likeness (QED) is 0.129. The van der Waals surface area contributed by atoms with E-state index in [2.05, 4.69) is 288 Å². The molecule has 0 aliphatic carbocycles. The molecule has 11 rings (SSSR count). The van der Waals surface area contributed by atoms with Crippen molar-refractivity contribution >= 4 is 73.0 Å². The van der Waals surface area contributed by atoms with Crippen molar-refractivity contribution in [3.05, 3.63) is 266 Å². The standard InChI is InChI=1S/C62H48N4/c1-45-16-14-24-57(42-45)64(50-20-8-4-9-21-50)54-35-33-53(34-36-54)63(49-18-6-3-7-19-49)52-31-28-47(29-32-52)48-30-41-62-60(44-48)59-26-12-13-27-61(59)66(62)56-39-37-55(38-40-56)65(51-22-10-5-11-23-51)58-25-15-17-46(2)43-58/h3-44H,1-2H3. The van der Waals surface area contributed by atoms with Crippen LogP contribution in [0.25, 0.3) is 38.6 Å². The van der Waals surface area contributed by atoms with Crippen molar-refractivity contribution in [2.24, 2.45) is 0 Å². The van der Waals surface area contributed by atoms with Crippen LogP contribution in [0.4, 0.5) is 51.2 Å². The van der Waals surface area contributed by atoms with Crippen molar-refractivity contribution in [2.75, 3.05) is 14.7 Å². The van der Waals surface area contributed by atoms with Gasteiger partial charge in [-0.1, -0.05) is 115 Å². The Morgan fingerprint density at radius 1 is 0.258 bits per heavy atom. The van der Waals surface area contributed by atoms with Gasteiger partial charge in [0, 0.05) is 67.6 Å². The zero-order chi connectivity index (χ0) is 44.4. The molecule has 0 aliphatic heterocycles. The molecule has 4 nitrogen and oxygen atoms in total. The minimum Gasteiger partial charge on any atom is -0.311 e. The van der Waals surface area contributed by atoms with E-state index < -0.39 is 0 Å². The second-order valence-corrected chi connectivity index (χ2v) is 16.9. The Labute approximate surface area is 387 Å². The van der Waals surface area contributed by atoms with Gasteiger partial charge in [-0.15, -0.1) is 0 Å². The van der Waals surface area contributed by atoms with Gasteiger partial charge in [-0.2, -0.15) is 0 Å². The van der Waals surface area contributed by atoms with Gasteiger partial charge in [-0.25, -0.2) is 0 Å². The Morgan fingerprint density at radius 2 is 0.621 bits per heavy atom. The third-order valence-electron chi connectivity index (χ3n) is 12.4. The number of fused-ring (bicyclic) bond motifs is 3. The number of benzene rings is 10. The molecule has 4 heteroatoms. The predicted octanol–water partition coefficient (Wildman–Crippen LogP) is 17.5. The molecular weight excluding hydrogens is 801 g/mol. The largest absolute Gasteiger partial charge is 0.311 e. The van der Waals surface area contributed by atoms with Crippen LogP contribution in [-0.2, 0) is 0 Å². The summed E-state index contributed by atoms with van der Waals surface area (Å²) >= 11 is 0. The molecule has 1 heterocycles. The molecule has 0 atom stereocenters. The average molecular weight is 849 g/mol. The monoisotopic (exact) mass is 848 g/mol. The van der Waals surface area contributed by atoms with Crippen LogP contribution >= 0.6 is 0 Å². The minimum absolute atomic E-state index is 1.08. The highest BCUT2D eigenvalue weighted by Crippen LogP contribution is 2.42. The van der Waals surface area contributed by atoms with E-state index in [9.17, 15) is 0 Å². The molecule has 0 saturated heterocycles. The van der Waals surface area contributed by atoms with E-state index in [0.717, 1.165) is 56.9 Å². The lowest BCUT2D eigenvalue weighted by Crippen LogP contribution is -2.12. The highest BCUT2D eigenvalue weighted by molar-refractivity contribution is 6.10. The fourth-order valence-corrected chi connectivity index (χ4v) is 9.34. The highest BCUT2D eigenvalue weighted by atomic mass is 15.2. The first-order valence-corrected chi connectivity index (χ1v) is 22.6. The maximum absolute atomic E-state index is 2.39. The van der Waals surface area contributed by atoms with Gasteiger partial charge in [0.1, 0.15) is 0 Å². The van der Waals surface area contributed by atoms with Crippen LogP contribution in [-0.4, -0.2) is 4.57 Å². The van der Waals surface area contributed by atoms with Crippen molar-refractivity contribution in [1.29, 1.82) is 0 Å². The minimum atomic E-state index is 1.08. The summed E-state index contributed by atoms with van der Waals surface area (Å²) in [4.78, 5) is 6.97. The van der Waals surface area contributed by atoms with Crippen LogP contribution in [0.1, 0.15) is 11.1 Å². The second kappa shape index (κ2) is 17.5. The number of aryl methyl sites for hydroxylation is 2. The summed E-state index contributed by atoms with van der Waals surface area (Å²) in [5.74, 6) is 0. The van der Waals surface area contributed by atoms with Crippen LogP contribution in [0.15, 0.2) is 255 Å². The van der Waals surface area contributed by atoms with Gasteiger partial charge in [0.25, 0.3) is 0 Å². The summed E-state index contributed by atoms with van der Waals surface area (Å²) in [6, 6.07) is 91.6. The van der Waals surface area contributed by atoms with Crippen molar-refractivity contribution in [3.63, 3.8) is 0 Å². The summed E-state index contributed by atoms with van der Waals surface area (Å²) in [5.41, 5.74) is 18.3. The van der Waals surface area contributed by atoms with Crippen molar-refractivity contribution in [1.82, 2.24) is 4.57 Å². The summed E-state index contributed by atoms with van der Waals surface area (Å²) in [6.07, 6.45) is 0. The van der Waals surface area contributed by atoms with E-state index >= 15 is 0 Å². The number of para-hydroxylation sites is 4. The molecule has 0 unspecified atom stereocenters. The SMILES string of the molecule is Cc1cccc(N(c2ccccc2)c2ccc(N(c3ccccc3)c3ccc(-c4ccc5c(c4)c4ccccc4n5-c4ccc(N(c5ccccc5)c5cccc(C)c5)cc4)cc3)cc2)c1. The van der Waals surface area contributed by atoms with Crippen molar-refractivity contribution < 1.29 is 0 Å². The summed E-state index contributed by atoms with van der Waals surface area (Å²) < 4.78 is 2.39. The van der Waals surface area contributed by atoms with Crippen LogP contribution in [0, 0.1) is 13.8 Å². The molecule has 11 aromatic rings. The Bertz CT molecular complexity index is 3420. The Kier molecular flexibility index (Phi) is 10.7. The number of hydrogen-bond donors (Lipinski definition) is 0. The van der Waals surface area contributed by atoms with Crippen molar-refractivity contribution in [2.45, 2.75) is 13.8 Å². The lowest BCUT2D eigenvalue weighted by Gasteiger charge is -2.28. The lowest BCUT2D eigenvalue weighted by atomic mass is 10.0. The molecule has 316 valence electrons. The maximum Gasteiger partial charge on any atom is 0.0541 e. The number of aromatic nitrogens is 1. The van der Waals surface area contributed by atoms with Gasteiger partial charge in [0.15, 0.2) is 0 Å². The molecule has 0 saturated carbocycles. The Morgan fingerprint density at radius 3 is 1.11 bits per heavy atom. The third-order valence-corrected chi connectivity index (χ3v) is 12.4. The number of hydrogen-bond acceptors (Lipinski definition) is 3. The first-order valence-electron chi connectivity index (χ1n) is 22.6. The molecule has 1 aromatic heterocycles. The molecule has 66 heavy (non-hydrogen) atoms. The predicted molar refractivity (Wildman–Crippen MR) is 280 cm³/mol. The van der Waals surface area contributed by atoms with Crippen LogP contribution in [0.2, 0.25) is 0 Å². The molecule has 0 N–H and O–H groups in total. The zero-order valence-electron chi connectivity index (χ0n) is 37.0. The first kappa shape index (κ1) is 40.2. The topological polar surface area (TPSA) is 14.7 Å². The normalized spacial score (nSPS) is 11.2. The molecule has 10 aromatic carbocycles. The molecule has 0 bridgehead atoms. The average Bonchev–Trinajstić information content (AvgIpc) is 3.70. The Hall–Kier alpha value is -8.60. The van der Waals surface area contributed by atoms with Gasteiger partial charge < -0.3 is 19.3 Å². The summed E-state index contributed by atoms with van der Waals surface area (Å²) in [6.45, 7) is 4.29. The summed E-state index contributed by atoms with van der Waals surface area (Å²) in [7, 11) is 0. The van der Waals surface area contributed by atoms with Gasteiger partial charge in [0.05, 0.1) is 11.0 Å². The van der Waals surface area contributed by atoms with Crippen LogP contribution in [0.5, 0.6) is 0 Å². The maximum atomic E-state index is 2.39. The Balaban J connectivity index is 0.923. The van der Waals surface area contributed by atoms with E-state index in [4.69, 9.17) is 0 Å². The molecule has 0 spiro atoms. The third kappa shape index (κ3) is 7.75. The molecule has 0 amide bonds. The number of nitrogens with zero attached hydrogens (tertiary/aromatic N) is 4. The van der Waals surface area contributed by atoms with E-state index in [-0.39, 0.29) is 0 Å². The highest BCUT2D eigenvalue weighted by Gasteiger charge is 2.19. The molecule has 0 aliphatic rings. The second-order valence-electron chi connectivity index (χ2n) is 16.9. The first-order chi connectivity index (χ1) is 32.6. The fraction of sp³-hybridized carbons (Fsp3) is 0.0323. The molecular formula is C62H48N4. The van der Waals surface area contributed by atoms with Crippen LogP contribution in [0.3, 0.4) is 0 Å². The van der Waals surface area contributed by atoms with Crippen LogP contribution < -0.4 is 14.7 Å². The van der Waals surface area contributed by atoms with Crippen molar-refractivity contribution in [3.8, 4) is 16.8 Å². The lowest BCUT2D eigenvalue weighted by molar-refractivity contribution is 1.17. The number of anilines is 9. The van der Waals surface area contributed by atoms with E-state index in [1.165, 1.54) is 44.1 Å². The van der Waals surface area contributed by atoms with Gasteiger partial charge in [-0.3, -0.25) is 0 Å². The molecule has 0 fully saturated rings. The zero-order valence-corrected chi connectivity index (χ0v) is 37.0.